The van der Waals surface area contributed by atoms with Crippen LogP contribution in [0, 0.1) is 4.91 Å². The Morgan fingerprint density at radius 2 is 1.09 bits per heavy atom. The zero-order chi connectivity index (χ0) is 22.3. The minimum absolute atomic E-state index is 0.124. The SMILES string of the molecule is CC1(C)c2ccccc2-c2c1cc(-c1ccccc1N=O)c1c2-c2ccccc2C1(C)C. The van der Waals surface area contributed by atoms with E-state index in [-0.39, 0.29) is 10.8 Å². The van der Waals surface area contributed by atoms with Gasteiger partial charge in [-0.1, -0.05) is 94.4 Å². The molecule has 0 heterocycles. The lowest BCUT2D eigenvalue weighted by molar-refractivity contribution is 0.652. The first-order chi connectivity index (χ1) is 15.4. The summed E-state index contributed by atoms with van der Waals surface area (Å²) < 4.78 is 0. The van der Waals surface area contributed by atoms with E-state index in [4.69, 9.17) is 0 Å². The van der Waals surface area contributed by atoms with Gasteiger partial charge >= 0.3 is 0 Å². The van der Waals surface area contributed by atoms with Gasteiger partial charge in [0.05, 0.1) is 0 Å². The van der Waals surface area contributed by atoms with Gasteiger partial charge in [-0.05, 0) is 67.4 Å². The maximum Gasteiger partial charge on any atom is 0.115 e. The molecule has 4 aromatic rings. The van der Waals surface area contributed by atoms with Crippen molar-refractivity contribution in [2.45, 2.75) is 38.5 Å². The quantitative estimate of drug-likeness (QED) is 0.302. The second kappa shape index (κ2) is 6.26. The highest BCUT2D eigenvalue weighted by molar-refractivity contribution is 6.02. The summed E-state index contributed by atoms with van der Waals surface area (Å²) in [7, 11) is 0. The second-order valence-electron chi connectivity index (χ2n) is 10.0. The van der Waals surface area contributed by atoms with Crippen LogP contribution in [-0.4, -0.2) is 0 Å². The highest BCUT2D eigenvalue weighted by Gasteiger charge is 2.45. The third-order valence-electron chi connectivity index (χ3n) is 7.66. The van der Waals surface area contributed by atoms with Gasteiger partial charge in [0.15, 0.2) is 0 Å². The van der Waals surface area contributed by atoms with Crippen LogP contribution in [0.25, 0.3) is 33.4 Å². The van der Waals surface area contributed by atoms with Crippen LogP contribution in [0.5, 0.6) is 0 Å². The molecule has 2 heteroatoms. The summed E-state index contributed by atoms with van der Waals surface area (Å²) in [5, 5.41) is 3.39. The van der Waals surface area contributed by atoms with Crippen LogP contribution < -0.4 is 0 Å². The lowest BCUT2D eigenvalue weighted by Gasteiger charge is -2.28. The molecule has 0 unspecified atom stereocenters. The fourth-order valence-electron chi connectivity index (χ4n) is 6.14. The number of benzene rings is 4. The summed E-state index contributed by atoms with van der Waals surface area (Å²) in [6, 6.07) is 27.6. The summed E-state index contributed by atoms with van der Waals surface area (Å²) in [5.74, 6) is 0. The zero-order valence-corrected chi connectivity index (χ0v) is 18.9. The molecule has 4 aromatic carbocycles. The average Bonchev–Trinajstić information content (AvgIpc) is 3.19. The Bertz CT molecular complexity index is 1440. The standard InChI is InChI=1S/C30H25NO/c1-29(2)22-14-8-5-12-19(22)26-24(29)17-21(18-11-7-10-16-25(18)31-32)28-27(26)20-13-6-9-15-23(20)30(28,3)4/h5-17H,1-4H3. The van der Waals surface area contributed by atoms with Gasteiger partial charge in [0.2, 0.25) is 0 Å². The predicted octanol–water partition coefficient (Wildman–Crippen LogP) is 8.36. The van der Waals surface area contributed by atoms with Crippen LogP contribution in [0.2, 0.25) is 0 Å². The third kappa shape index (κ3) is 2.25. The Hall–Kier alpha value is -3.52. The molecule has 0 saturated carbocycles. The van der Waals surface area contributed by atoms with E-state index in [1.54, 1.807) is 0 Å². The fraction of sp³-hybridized carbons (Fsp3) is 0.200. The highest BCUT2D eigenvalue weighted by Crippen LogP contribution is 2.61. The Morgan fingerprint density at radius 3 is 1.75 bits per heavy atom. The minimum atomic E-state index is -0.187. The van der Waals surface area contributed by atoms with E-state index in [2.05, 4.69) is 87.5 Å². The molecule has 2 nitrogen and oxygen atoms in total. The Balaban J connectivity index is 1.84. The lowest BCUT2D eigenvalue weighted by Crippen LogP contribution is -2.18. The molecule has 0 saturated heterocycles. The predicted molar refractivity (Wildman–Crippen MR) is 132 cm³/mol. The third-order valence-corrected chi connectivity index (χ3v) is 7.66. The van der Waals surface area contributed by atoms with Crippen molar-refractivity contribution in [3.8, 4) is 33.4 Å². The molecule has 0 aromatic heterocycles. The van der Waals surface area contributed by atoms with Gasteiger partial charge in [-0.15, -0.1) is 4.91 Å². The maximum atomic E-state index is 11.8. The van der Waals surface area contributed by atoms with E-state index in [9.17, 15) is 4.91 Å². The van der Waals surface area contributed by atoms with Gasteiger partial charge in [-0.25, -0.2) is 0 Å². The second-order valence-corrected chi connectivity index (χ2v) is 10.0. The van der Waals surface area contributed by atoms with Crippen LogP contribution >= 0.6 is 0 Å². The number of fused-ring (bicyclic) bond motifs is 7. The van der Waals surface area contributed by atoms with E-state index in [1.807, 2.05) is 24.3 Å². The molecule has 0 aliphatic heterocycles. The van der Waals surface area contributed by atoms with E-state index in [0.29, 0.717) is 5.69 Å². The largest absolute Gasteiger partial charge is 0.145 e. The first-order valence-corrected chi connectivity index (χ1v) is 11.2. The van der Waals surface area contributed by atoms with E-state index in [0.717, 1.165) is 11.1 Å². The summed E-state index contributed by atoms with van der Waals surface area (Å²) in [6.45, 7) is 9.22. The first-order valence-electron chi connectivity index (χ1n) is 11.2. The lowest BCUT2D eigenvalue weighted by atomic mass is 9.75. The Morgan fingerprint density at radius 1 is 0.562 bits per heavy atom. The van der Waals surface area contributed by atoms with Gasteiger partial charge in [0, 0.05) is 16.4 Å². The van der Waals surface area contributed by atoms with Crippen LogP contribution in [-0.2, 0) is 10.8 Å². The minimum Gasteiger partial charge on any atom is -0.145 e. The molecule has 0 amide bonds. The van der Waals surface area contributed by atoms with Crippen LogP contribution in [0.15, 0.2) is 84.0 Å². The molecular formula is C30H25NO. The molecule has 6 rings (SSSR count). The van der Waals surface area contributed by atoms with Gasteiger partial charge in [0.25, 0.3) is 0 Å². The molecule has 156 valence electrons. The number of hydrogen-bond acceptors (Lipinski definition) is 2. The van der Waals surface area contributed by atoms with Gasteiger partial charge in [-0.3, -0.25) is 0 Å². The summed E-state index contributed by atoms with van der Waals surface area (Å²) in [5.41, 5.74) is 12.8. The Labute approximate surface area is 188 Å². The maximum absolute atomic E-state index is 11.8. The number of nitrogens with zero attached hydrogens (tertiary/aromatic N) is 1. The molecule has 0 spiro atoms. The monoisotopic (exact) mass is 415 g/mol. The molecule has 32 heavy (non-hydrogen) atoms. The fourth-order valence-corrected chi connectivity index (χ4v) is 6.14. The highest BCUT2D eigenvalue weighted by atomic mass is 16.3. The smallest absolute Gasteiger partial charge is 0.115 e. The van der Waals surface area contributed by atoms with Crippen LogP contribution in [0.3, 0.4) is 0 Å². The molecule has 0 atom stereocenters. The summed E-state index contributed by atoms with van der Waals surface area (Å²) in [6.07, 6.45) is 0. The van der Waals surface area contributed by atoms with Gasteiger partial charge in [0.1, 0.15) is 5.69 Å². The van der Waals surface area contributed by atoms with Crippen LogP contribution in [0.1, 0.15) is 49.9 Å². The topological polar surface area (TPSA) is 29.4 Å². The molecule has 0 radical (unpaired) electrons. The van der Waals surface area contributed by atoms with Gasteiger partial charge < -0.3 is 0 Å². The van der Waals surface area contributed by atoms with Crippen molar-refractivity contribution in [3.05, 3.63) is 106 Å². The number of rotatable bonds is 2. The van der Waals surface area contributed by atoms with Crippen LogP contribution in [0.4, 0.5) is 5.69 Å². The molecule has 0 N–H and O–H groups in total. The molecular weight excluding hydrogens is 390 g/mol. The van der Waals surface area contributed by atoms with E-state index >= 15 is 0 Å². The number of hydrogen-bond donors (Lipinski definition) is 0. The van der Waals surface area contributed by atoms with Crippen molar-refractivity contribution in [3.63, 3.8) is 0 Å². The summed E-state index contributed by atoms with van der Waals surface area (Å²) >= 11 is 0. The molecule has 0 fully saturated rings. The molecule has 2 aliphatic carbocycles. The summed E-state index contributed by atoms with van der Waals surface area (Å²) in [4.78, 5) is 11.8. The molecule has 2 aliphatic rings. The Kier molecular flexibility index (Phi) is 3.75. The van der Waals surface area contributed by atoms with E-state index in [1.165, 1.54) is 44.5 Å². The van der Waals surface area contributed by atoms with Gasteiger partial charge in [-0.2, -0.15) is 0 Å². The zero-order valence-electron chi connectivity index (χ0n) is 18.9. The number of nitroso groups, excluding NO2 is 1. The van der Waals surface area contributed by atoms with Crippen molar-refractivity contribution in [2.24, 2.45) is 5.18 Å². The van der Waals surface area contributed by atoms with Crippen molar-refractivity contribution in [2.75, 3.05) is 0 Å². The van der Waals surface area contributed by atoms with Crippen molar-refractivity contribution >= 4 is 5.69 Å². The van der Waals surface area contributed by atoms with Crippen molar-refractivity contribution < 1.29 is 0 Å². The van der Waals surface area contributed by atoms with E-state index < -0.39 is 0 Å². The van der Waals surface area contributed by atoms with Crippen molar-refractivity contribution in [1.82, 2.24) is 0 Å². The normalized spacial score (nSPS) is 16.1. The average molecular weight is 416 g/mol. The molecule has 0 bridgehead atoms. The van der Waals surface area contributed by atoms with Crippen molar-refractivity contribution in [1.29, 1.82) is 0 Å². The first kappa shape index (κ1) is 19.2.